The standard InChI is InChI=1S/C11H18N2O2/c1-3-10(2,6-12)9(15)13-7-11(8-14)4-5-11/h14H,3-5,7-8H2,1-2H3,(H,13,15). The van der Waals surface area contributed by atoms with E-state index in [2.05, 4.69) is 5.32 Å². The monoisotopic (exact) mass is 210 g/mol. The van der Waals surface area contributed by atoms with Crippen LogP contribution in [0.25, 0.3) is 0 Å². The summed E-state index contributed by atoms with van der Waals surface area (Å²) in [5.74, 6) is -0.229. The second-order valence-electron chi connectivity index (χ2n) is 4.64. The normalized spacial score (nSPS) is 21.2. The second kappa shape index (κ2) is 4.19. The van der Waals surface area contributed by atoms with Crippen LogP contribution in [0.3, 0.4) is 0 Å². The molecule has 0 saturated heterocycles. The van der Waals surface area contributed by atoms with Gasteiger partial charge in [0.25, 0.3) is 0 Å². The molecule has 84 valence electrons. The molecular weight excluding hydrogens is 192 g/mol. The Balaban J connectivity index is 2.46. The molecule has 4 heteroatoms. The molecule has 1 amide bonds. The smallest absolute Gasteiger partial charge is 0.240 e. The van der Waals surface area contributed by atoms with Gasteiger partial charge >= 0.3 is 0 Å². The van der Waals surface area contributed by atoms with Crippen molar-refractivity contribution in [3.63, 3.8) is 0 Å². The predicted molar refractivity (Wildman–Crippen MR) is 55.8 cm³/mol. The summed E-state index contributed by atoms with van der Waals surface area (Å²) in [5.41, 5.74) is -1.04. The first-order valence-corrected chi connectivity index (χ1v) is 5.32. The van der Waals surface area contributed by atoms with Crippen LogP contribution in [0, 0.1) is 22.2 Å². The third kappa shape index (κ3) is 2.48. The quantitative estimate of drug-likeness (QED) is 0.705. The number of aliphatic hydroxyl groups excluding tert-OH is 1. The Labute approximate surface area is 90.3 Å². The van der Waals surface area contributed by atoms with Gasteiger partial charge in [-0.05, 0) is 26.2 Å². The van der Waals surface area contributed by atoms with Gasteiger partial charge in [0.05, 0.1) is 12.7 Å². The van der Waals surface area contributed by atoms with E-state index in [-0.39, 0.29) is 17.9 Å². The van der Waals surface area contributed by atoms with Crippen LogP contribution in [0.15, 0.2) is 0 Å². The highest BCUT2D eigenvalue weighted by atomic mass is 16.3. The first-order chi connectivity index (χ1) is 7.02. The largest absolute Gasteiger partial charge is 0.396 e. The van der Waals surface area contributed by atoms with E-state index in [4.69, 9.17) is 10.4 Å². The lowest BCUT2D eigenvalue weighted by atomic mass is 9.88. The molecule has 2 N–H and O–H groups in total. The summed E-state index contributed by atoms with van der Waals surface area (Å²) in [6.45, 7) is 4.06. The lowest BCUT2D eigenvalue weighted by Gasteiger charge is -2.20. The molecule has 0 bridgehead atoms. The summed E-state index contributed by atoms with van der Waals surface area (Å²) in [6.07, 6.45) is 2.42. The van der Waals surface area contributed by atoms with E-state index in [0.717, 1.165) is 12.8 Å². The van der Waals surface area contributed by atoms with Gasteiger partial charge in [-0.1, -0.05) is 6.92 Å². The molecule has 1 saturated carbocycles. The van der Waals surface area contributed by atoms with Crippen molar-refractivity contribution in [3.8, 4) is 6.07 Å². The number of nitrogens with one attached hydrogen (secondary N) is 1. The zero-order chi connectivity index (χ0) is 11.5. The summed E-state index contributed by atoms with van der Waals surface area (Å²) in [6, 6.07) is 2.03. The van der Waals surface area contributed by atoms with Crippen LogP contribution in [-0.2, 0) is 4.79 Å². The minimum Gasteiger partial charge on any atom is -0.396 e. The number of nitriles is 1. The number of aliphatic hydroxyl groups is 1. The zero-order valence-electron chi connectivity index (χ0n) is 9.34. The van der Waals surface area contributed by atoms with Gasteiger partial charge in [0, 0.05) is 12.0 Å². The summed E-state index contributed by atoms with van der Waals surface area (Å²) in [4.78, 5) is 11.7. The third-order valence-corrected chi connectivity index (χ3v) is 3.37. The topological polar surface area (TPSA) is 73.1 Å². The lowest BCUT2D eigenvalue weighted by Crippen LogP contribution is -2.41. The van der Waals surface area contributed by atoms with Crippen molar-refractivity contribution in [3.05, 3.63) is 0 Å². The van der Waals surface area contributed by atoms with Gasteiger partial charge < -0.3 is 10.4 Å². The molecule has 0 aliphatic heterocycles. The van der Waals surface area contributed by atoms with Crippen molar-refractivity contribution in [1.29, 1.82) is 5.26 Å². The molecule has 0 radical (unpaired) electrons. The van der Waals surface area contributed by atoms with Crippen molar-refractivity contribution in [1.82, 2.24) is 5.32 Å². The number of carbonyl (C=O) groups excluding carboxylic acids is 1. The van der Waals surface area contributed by atoms with Crippen LogP contribution < -0.4 is 5.32 Å². The maximum absolute atomic E-state index is 11.7. The zero-order valence-corrected chi connectivity index (χ0v) is 9.34. The van der Waals surface area contributed by atoms with Crippen molar-refractivity contribution < 1.29 is 9.90 Å². The van der Waals surface area contributed by atoms with E-state index in [1.165, 1.54) is 0 Å². The average Bonchev–Trinajstić information content (AvgIpc) is 3.05. The second-order valence-corrected chi connectivity index (χ2v) is 4.64. The first-order valence-electron chi connectivity index (χ1n) is 5.32. The van der Waals surface area contributed by atoms with E-state index >= 15 is 0 Å². The minimum absolute atomic E-state index is 0.0975. The van der Waals surface area contributed by atoms with E-state index in [1.807, 2.05) is 13.0 Å². The molecule has 4 nitrogen and oxygen atoms in total. The molecule has 0 aromatic heterocycles. The number of carbonyl (C=O) groups is 1. The maximum atomic E-state index is 11.7. The van der Waals surface area contributed by atoms with E-state index in [1.54, 1.807) is 6.92 Å². The summed E-state index contributed by atoms with van der Waals surface area (Å²) in [5, 5.41) is 20.7. The van der Waals surface area contributed by atoms with Crippen molar-refractivity contribution in [2.45, 2.75) is 33.1 Å². The number of rotatable bonds is 5. The molecule has 0 spiro atoms. The highest BCUT2D eigenvalue weighted by molar-refractivity contribution is 5.84. The molecule has 1 atom stereocenters. The van der Waals surface area contributed by atoms with Gasteiger partial charge in [-0.3, -0.25) is 4.79 Å². The number of hydrogen-bond acceptors (Lipinski definition) is 3. The molecule has 15 heavy (non-hydrogen) atoms. The molecule has 1 fully saturated rings. The van der Waals surface area contributed by atoms with Crippen molar-refractivity contribution >= 4 is 5.91 Å². The molecular formula is C11H18N2O2. The number of amides is 1. The van der Waals surface area contributed by atoms with Gasteiger partial charge in [-0.25, -0.2) is 0 Å². The molecule has 1 rings (SSSR count). The van der Waals surface area contributed by atoms with E-state index in [0.29, 0.717) is 13.0 Å². The third-order valence-electron chi connectivity index (χ3n) is 3.37. The highest BCUT2D eigenvalue weighted by Crippen LogP contribution is 2.44. The molecule has 0 aromatic rings. The van der Waals surface area contributed by atoms with Crippen LogP contribution >= 0.6 is 0 Å². The lowest BCUT2D eigenvalue weighted by molar-refractivity contribution is -0.127. The fourth-order valence-corrected chi connectivity index (χ4v) is 1.32. The van der Waals surface area contributed by atoms with Crippen LogP contribution in [0.5, 0.6) is 0 Å². The molecule has 1 unspecified atom stereocenters. The Bertz CT molecular complexity index is 291. The average molecular weight is 210 g/mol. The van der Waals surface area contributed by atoms with Crippen LogP contribution in [0.2, 0.25) is 0 Å². The van der Waals surface area contributed by atoms with Gasteiger partial charge in [-0.2, -0.15) is 5.26 Å². The van der Waals surface area contributed by atoms with Gasteiger partial charge in [0.1, 0.15) is 5.41 Å². The Morgan fingerprint density at radius 2 is 2.27 bits per heavy atom. The Kier molecular flexibility index (Phi) is 3.35. The van der Waals surface area contributed by atoms with Crippen molar-refractivity contribution in [2.24, 2.45) is 10.8 Å². The maximum Gasteiger partial charge on any atom is 0.240 e. The number of hydrogen-bond donors (Lipinski definition) is 2. The van der Waals surface area contributed by atoms with Gasteiger partial charge in [0.15, 0.2) is 0 Å². The summed E-state index contributed by atoms with van der Waals surface area (Å²) in [7, 11) is 0. The summed E-state index contributed by atoms with van der Waals surface area (Å²) < 4.78 is 0. The Hall–Kier alpha value is -1.08. The highest BCUT2D eigenvalue weighted by Gasteiger charge is 2.43. The molecule has 1 aliphatic carbocycles. The summed E-state index contributed by atoms with van der Waals surface area (Å²) >= 11 is 0. The number of nitrogens with zero attached hydrogens (tertiary/aromatic N) is 1. The Morgan fingerprint density at radius 1 is 1.67 bits per heavy atom. The van der Waals surface area contributed by atoms with Crippen LogP contribution in [0.1, 0.15) is 33.1 Å². The minimum atomic E-state index is -0.939. The molecule has 1 aliphatic rings. The SMILES string of the molecule is CCC(C)(C#N)C(=O)NCC1(CO)CC1. The molecule has 0 heterocycles. The van der Waals surface area contributed by atoms with E-state index < -0.39 is 5.41 Å². The van der Waals surface area contributed by atoms with Gasteiger partial charge in [-0.15, -0.1) is 0 Å². The van der Waals surface area contributed by atoms with Crippen LogP contribution in [-0.4, -0.2) is 24.2 Å². The molecule has 0 aromatic carbocycles. The van der Waals surface area contributed by atoms with E-state index in [9.17, 15) is 4.79 Å². The fraction of sp³-hybridized carbons (Fsp3) is 0.818. The fourth-order valence-electron chi connectivity index (χ4n) is 1.32. The van der Waals surface area contributed by atoms with Gasteiger partial charge in [0.2, 0.25) is 5.91 Å². The van der Waals surface area contributed by atoms with Crippen LogP contribution in [0.4, 0.5) is 0 Å². The Morgan fingerprint density at radius 3 is 2.60 bits per heavy atom. The van der Waals surface area contributed by atoms with Crippen molar-refractivity contribution in [2.75, 3.05) is 13.2 Å². The predicted octanol–water partition coefficient (Wildman–Crippen LogP) is 0.815. The first kappa shape index (κ1) is 12.0.